The zero-order valence-corrected chi connectivity index (χ0v) is 26.6. The molecule has 0 amide bonds. The lowest BCUT2D eigenvalue weighted by atomic mass is 9.82. The van der Waals surface area contributed by atoms with Crippen molar-refractivity contribution in [2.24, 2.45) is 0 Å². The van der Waals surface area contributed by atoms with Crippen LogP contribution in [0.5, 0.6) is 0 Å². The maximum atomic E-state index is 2.45. The molecule has 224 valence electrons. The van der Waals surface area contributed by atoms with Crippen molar-refractivity contribution in [1.82, 2.24) is 4.57 Å². The molecule has 0 atom stereocenters. The molecule has 0 N–H and O–H groups in total. The van der Waals surface area contributed by atoms with Gasteiger partial charge in [0.25, 0.3) is 0 Å². The lowest BCUT2D eigenvalue weighted by Crippen LogP contribution is -2.17. The van der Waals surface area contributed by atoms with Gasteiger partial charge in [0.2, 0.25) is 0 Å². The molecule has 0 spiro atoms. The predicted molar refractivity (Wildman–Crippen MR) is 198 cm³/mol. The van der Waals surface area contributed by atoms with Crippen molar-refractivity contribution < 1.29 is 0 Å². The van der Waals surface area contributed by atoms with Gasteiger partial charge in [-0.15, -0.1) is 0 Å². The van der Waals surface area contributed by atoms with Crippen LogP contribution in [0.25, 0.3) is 49.7 Å². The smallest absolute Gasteiger partial charge is 0.0561 e. The number of rotatable bonds is 5. The van der Waals surface area contributed by atoms with Gasteiger partial charge in [0.15, 0.2) is 0 Å². The third-order valence-corrected chi connectivity index (χ3v) is 9.98. The fraction of sp³-hybridized carbons (Fsp3) is 0.0667. The summed E-state index contributed by atoms with van der Waals surface area (Å²) >= 11 is 0. The average molecular weight is 603 g/mol. The molecule has 9 rings (SSSR count). The van der Waals surface area contributed by atoms with Crippen molar-refractivity contribution in [3.63, 3.8) is 0 Å². The number of aromatic nitrogens is 1. The quantitative estimate of drug-likeness (QED) is 0.190. The molecule has 7 aromatic carbocycles. The summed E-state index contributed by atoms with van der Waals surface area (Å²) in [7, 11) is 0. The van der Waals surface area contributed by atoms with Gasteiger partial charge in [-0.05, 0) is 76.3 Å². The lowest BCUT2D eigenvalue weighted by Gasteiger charge is -2.30. The van der Waals surface area contributed by atoms with Crippen molar-refractivity contribution in [3.05, 3.63) is 181 Å². The molecule has 0 fully saturated rings. The van der Waals surface area contributed by atoms with E-state index in [9.17, 15) is 0 Å². The number of nitrogens with zero attached hydrogens (tertiary/aromatic N) is 2. The van der Waals surface area contributed by atoms with Crippen molar-refractivity contribution >= 4 is 38.9 Å². The Morgan fingerprint density at radius 1 is 0.447 bits per heavy atom. The minimum Gasteiger partial charge on any atom is -0.310 e. The maximum Gasteiger partial charge on any atom is 0.0561 e. The van der Waals surface area contributed by atoms with Gasteiger partial charge in [0.1, 0.15) is 0 Å². The van der Waals surface area contributed by atoms with E-state index in [1.165, 1.54) is 55.2 Å². The molecule has 1 aliphatic rings. The van der Waals surface area contributed by atoms with E-state index >= 15 is 0 Å². The third-order valence-electron chi connectivity index (χ3n) is 9.98. The van der Waals surface area contributed by atoms with Gasteiger partial charge in [-0.25, -0.2) is 0 Å². The molecule has 0 radical (unpaired) electrons. The van der Waals surface area contributed by atoms with Crippen LogP contribution in [-0.4, -0.2) is 4.57 Å². The lowest BCUT2D eigenvalue weighted by molar-refractivity contribution is 0.660. The van der Waals surface area contributed by atoms with Crippen molar-refractivity contribution in [3.8, 4) is 27.9 Å². The van der Waals surface area contributed by atoms with Crippen LogP contribution >= 0.6 is 0 Å². The molecule has 8 aromatic rings. The van der Waals surface area contributed by atoms with Crippen LogP contribution in [-0.2, 0) is 5.41 Å². The molecule has 0 unspecified atom stereocenters. The molecule has 47 heavy (non-hydrogen) atoms. The molecule has 0 saturated carbocycles. The number of benzene rings is 7. The van der Waals surface area contributed by atoms with Crippen LogP contribution in [0.15, 0.2) is 170 Å². The summed E-state index contributed by atoms with van der Waals surface area (Å²) in [6.45, 7) is 4.71. The van der Waals surface area contributed by atoms with Gasteiger partial charge < -0.3 is 9.47 Å². The normalized spacial score (nSPS) is 13.1. The summed E-state index contributed by atoms with van der Waals surface area (Å²) < 4.78 is 2.40. The Labute approximate surface area is 275 Å². The highest BCUT2D eigenvalue weighted by atomic mass is 15.1. The first-order valence-corrected chi connectivity index (χ1v) is 16.4. The largest absolute Gasteiger partial charge is 0.310 e. The van der Waals surface area contributed by atoms with Crippen LogP contribution in [0.1, 0.15) is 25.0 Å². The van der Waals surface area contributed by atoms with E-state index < -0.39 is 0 Å². The van der Waals surface area contributed by atoms with Crippen molar-refractivity contribution in [2.45, 2.75) is 19.3 Å². The molecule has 0 aliphatic heterocycles. The average Bonchev–Trinajstić information content (AvgIpc) is 3.57. The Hall–Kier alpha value is -5.86. The Morgan fingerprint density at radius 2 is 1.04 bits per heavy atom. The second-order valence-corrected chi connectivity index (χ2v) is 13.0. The molecule has 1 heterocycles. The summed E-state index contributed by atoms with van der Waals surface area (Å²) in [6, 6.07) is 61.9. The van der Waals surface area contributed by atoms with Crippen LogP contribution in [0.3, 0.4) is 0 Å². The first-order chi connectivity index (χ1) is 23.1. The fourth-order valence-corrected chi connectivity index (χ4v) is 7.74. The predicted octanol–water partition coefficient (Wildman–Crippen LogP) is 12.2. The molecule has 2 heteroatoms. The van der Waals surface area contributed by atoms with Crippen LogP contribution in [0.2, 0.25) is 0 Å². The molecule has 1 aromatic heterocycles. The zero-order chi connectivity index (χ0) is 31.5. The summed E-state index contributed by atoms with van der Waals surface area (Å²) in [5.41, 5.74) is 14.7. The summed E-state index contributed by atoms with van der Waals surface area (Å²) in [4.78, 5) is 2.45. The first kappa shape index (κ1) is 27.5. The third kappa shape index (κ3) is 4.26. The van der Waals surface area contributed by atoms with Crippen molar-refractivity contribution in [1.29, 1.82) is 0 Å². The number of hydrogen-bond acceptors (Lipinski definition) is 1. The van der Waals surface area contributed by atoms with E-state index in [1.807, 2.05) is 0 Å². The highest BCUT2D eigenvalue weighted by Crippen LogP contribution is 2.51. The van der Waals surface area contributed by atoms with E-state index in [4.69, 9.17) is 0 Å². The first-order valence-electron chi connectivity index (χ1n) is 16.4. The van der Waals surface area contributed by atoms with Gasteiger partial charge in [-0.2, -0.15) is 0 Å². The monoisotopic (exact) mass is 602 g/mol. The fourth-order valence-electron chi connectivity index (χ4n) is 7.74. The Bertz CT molecular complexity index is 2430. The van der Waals surface area contributed by atoms with Gasteiger partial charge in [-0.1, -0.05) is 135 Å². The van der Waals surface area contributed by atoms with Gasteiger partial charge in [0.05, 0.1) is 16.7 Å². The highest BCUT2D eigenvalue weighted by molar-refractivity contribution is 6.10. The topological polar surface area (TPSA) is 8.17 Å². The number of hydrogen-bond donors (Lipinski definition) is 0. The standard InChI is InChI=1S/C45H34N2/c1-45(2)40-22-12-9-20-36(40)37-27-25-33(29-41(37)45)46(42-23-13-10-19-35(42)31-15-5-3-6-16-31)34-26-28-39-38-21-11-14-24-43(38)47(44(39)30-34)32-17-7-4-8-18-32/h3-30H,1-2H3. The van der Waals surface area contributed by atoms with Gasteiger partial charge in [-0.3, -0.25) is 0 Å². The van der Waals surface area contributed by atoms with Gasteiger partial charge >= 0.3 is 0 Å². The van der Waals surface area contributed by atoms with E-state index in [0.717, 1.165) is 22.7 Å². The minimum atomic E-state index is -0.101. The molecule has 2 nitrogen and oxygen atoms in total. The second-order valence-electron chi connectivity index (χ2n) is 13.0. The highest BCUT2D eigenvalue weighted by Gasteiger charge is 2.36. The molecular weight excluding hydrogens is 569 g/mol. The number of anilines is 3. The molecular formula is C45H34N2. The van der Waals surface area contributed by atoms with Crippen LogP contribution in [0.4, 0.5) is 17.1 Å². The Morgan fingerprint density at radius 3 is 1.87 bits per heavy atom. The van der Waals surface area contributed by atoms with E-state index in [2.05, 4.69) is 193 Å². The van der Waals surface area contributed by atoms with Crippen LogP contribution < -0.4 is 4.90 Å². The summed E-state index contributed by atoms with van der Waals surface area (Å²) in [5, 5.41) is 2.50. The molecule has 0 bridgehead atoms. The number of fused-ring (bicyclic) bond motifs is 6. The second kappa shape index (κ2) is 10.6. The van der Waals surface area contributed by atoms with Gasteiger partial charge in [0, 0.05) is 38.8 Å². The maximum absolute atomic E-state index is 2.45. The van der Waals surface area contributed by atoms with Crippen molar-refractivity contribution in [2.75, 3.05) is 4.90 Å². The van der Waals surface area contributed by atoms with E-state index in [1.54, 1.807) is 0 Å². The summed E-state index contributed by atoms with van der Waals surface area (Å²) in [5.74, 6) is 0. The minimum absolute atomic E-state index is 0.101. The summed E-state index contributed by atoms with van der Waals surface area (Å²) in [6.07, 6.45) is 0. The van der Waals surface area contributed by atoms with Crippen LogP contribution in [0, 0.1) is 0 Å². The Balaban J connectivity index is 1.32. The zero-order valence-electron chi connectivity index (χ0n) is 26.6. The van der Waals surface area contributed by atoms with E-state index in [0.29, 0.717) is 0 Å². The molecule has 1 aliphatic carbocycles. The van der Waals surface area contributed by atoms with E-state index in [-0.39, 0.29) is 5.41 Å². The SMILES string of the molecule is CC1(C)c2ccccc2-c2ccc(N(c3ccc4c5ccccc5n(-c5ccccc5)c4c3)c3ccccc3-c3ccccc3)cc21. The Kier molecular flexibility index (Phi) is 6.20. The number of para-hydroxylation sites is 3. The molecule has 0 saturated heterocycles.